The van der Waals surface area contributed by atoms with Gasteiger partial charge < -0.3 is 20.5 Å². The normalized spacial score (nSPS) is 10.3. The van der Waals surface area contributed by atoms with Gasteiger partial charge in [-0.15, -0.1) is 11.3 Å². The SMILES string of the molecule is Cc1ccc(OCc2nc(C(=O)Nc3cccc(OCC(N)=O)c3)cs2)cc1. The Morgan fingerprint density at radius 3 is 2.64 bits per heavy atom. The van der Waals surface area contributed by atoms with Crippen LogP contribution >= 0.6 is 11.3 Å². The van der Waals surface area contributed by atoms with Crippen molar-refractivity contribution in [2.75, 3.05) is 11.9 Å². The molecule has 0 fully saturated rings. The van der Waals surface area contributed by atoms with Crippen LogP contribution in [0.2, 0.25) is 0 Å². The zero-order valence-electron chi connectivity index (χ0n) is 15.2. The maximum Gasteiger partial charge on any atom is 0.275 e. The summed E-state index contributed by atoms with van der Waals surface area (Å²) in [4.78, 5) is 27.5. The van der Waals surface area contributed by atoms with Crippen molar-refractivity contribution >= 4 is 28.8 Å². The number of benzene rings is 2. The molecule has 8 heteroatoms. The van der Waals surface area contributed by atoms with E-state index >= 15 is 0 Å². The molecular formula is C20H19N3O4S. The van der Waals surface area contributed by atoms with Crippen LogP contribution in [0.1, 0.15) is 21.1 Å². The zero-order chi connectivity index (χ0) is 19.9. The molecule has 0 aliphatic rings. The van der Waals surface area contributed by atoms with Gasteiger partial charge in [-0.25, -0.2) is 4.98 Å². The van der Waals surface area contributed by atoms with E-state index in [9.17, 15) is 9.59 Å². The maximum absolute atomic E-state index is 12.4. The van der Waals surface area contributed by atoms with Gasteiger partial charge in [-0.05, 0) is 31.2 Å². The molecule has 28 heavy (non-hydrogen) atoms. The number of carbonyl (C=O) groups is 2. The molecule has 0 bridgehead atoms. The third kappa shape index (κ3) is 5.55. The number of nitrogens with one attached hydrogen (secondary N) is 1. The predicted molar refractivity (Wildman–Crippen MR) is 107 cm³/mol. The Bertz CT molecular complexity index is 970. The summed E-state index contributed by atoms with van der Waals surface area (Å²) < 4.78 is 10.9. The maximum atomic E-state index is 12.4. The van der Waals surface area contributed by atoms with E-state index in [1.165, 1.54) is 11.3 Å². The van der Waals surface area contributed by atoms with Gasteiger partial charge >= 0.3 is 0 Å². The molecule has 7 nitrogen and oxygen atoms in total. The summed E-state index contributed by atoms with van der Waals surface area (Å²) in [6.07, 6.45) is 0. The van der Waals surface area contributed by atoms with E-state index in [-0.39, 0.29) is 19.1 Å². The molecule has 0 aliphatic carbocycles. The van der Waals surface area contributed by atoms with E-state index < -0.39 is 5.91 Å². The Morgan fingerprint density at radius 1 is 1.11 bits per heavy atom. The fourth-order valence-corrected chi connectivity index (χ4v) is 2.96. The molecule has 0 atom stereocenters. The summed E-state index contributed by atoms with van der Waals surface area (Å²) in [5, 5.41) is 5.12. The van der Waals surface area contributed by atoms with Gasteiger partial charge in [-0.1, -0.05) is 23.8 Å². The molecule has 144 valence electrons. The molecule has 0 radical (unpaired) electrons. The lowest BCUT2D eigenvalue weighted by Crippen LogP contribution is -2.20. The Hall–Kier alpha value is -3.39. The number of rotatable bonds is 8. The number of hydrogen-bond acceptors (Lipinski definition) is 6. The topological polar surface area (TPSA) is 104 Å². The molecule has 3 N–H and O–H groups in total. The Kier molecular flexibility index (Phi) is 6.23. The van der Waals surface area contributed by atoms with Gasteiger partial charge in [-0.2, -0.15) is 0 Å². The molecule has 0 aliphatic heterocycles. The van der Waals surface area contributed by atoms with Crippen molar-refractivity contribution in [2.45, 2.75) is 13.5 Å². The molecule has 0 saturated carbocycles. The predicted octanol–water partition coefficient (Wildman–Crippen LogP) is 3.15. The van der Waals surface area contributed by atoms with Crippen LogP contribution in [0.3, 0.4) is 0 Å². The van der Waals surface area contributed by atoms with Crippen LogP contribution in [0.4, 0.5) is 5.69 Å². The Labute approximate surface area is 166 Å². The number of carbonyl (C=O) groups excluding carboxylic acids is 2. The first-order valence-electron chi connectivity index (χ1n) is 8.46. The Morgan fingerprint density at radius 2 is 1.89 bits per heavy atom. The number of thiazole rings is 1. The lowest BCUT2D eigenvalue weighted by atomic mass is 10.2. The molecule has 0 unspecified atom stereocenters. The highest BCUT2D eigenvalue weighted by Gasteiger charge is 2.12. The third-order valence-electron chi connectivity index (χ3n) is 3.64. The smallest absolute Gasteiger partial charge is 0.275 e. The number of anilines is 1. The Balaban J connectivity index is 1.57. The molecule has 0 saturated heterocycles. The zero-order valence-corrected chi connectivity index (χ0v) is 16.0. The summed E-state index contributed by atoms with van der Waals surface area (Å²) in [5.74, 6) is 0.267. The standard InChI is InChI=1S/C20H19N3O4S/c1-13-5-7-15(8-6-13)27-11-19-23-17(12-28-19)20(25)22-14-3-2-4-16(9-14)26-10-18(21)24/h2-9,12H,10-11H2,1H3,(H2,21,24)(H,22,25). The van der Waals surface area contributed by atoms with Crippen LogP contribution in [-0.4, -0.2) is 23.4 Å². The number of amides is 2. The van der Waals surface area contributed by atoms with Crippen molar-refractivity contribution in [3.63, 3.8) is 0 Å². The van der Waals surface area contributed by atoms with Crippen LogP contribution in [0.25, 0.3) is 0 Å². The molecule has 0 spiro atoms. The van der Waals surface area contributed by atoms with Crippen LogP contribution < -0.4 is 20.5 Å². The first-order chi connectivity index (χ1) is 13.5. The fraction of sp³-hybridized carbons (Fsp3) is 0.150. The molecular weight excluding hydrogens is 378 g/mol. The van der Waals surface area contributed by atoms with Crippen LogP contribution in [0, 0.1) is 6.92 Å². The minimum atomic E-state index is -0.572. The van der Waals surface area contributed by atoms with Crippen LogP contribution in [0.15, 0.2) is 53.9 Å². The van der Waals surface area contributed by atoms with Gasteiger partial charge in [0.2, 0.25) is 0 Å². The average Bonchev–Trinajstić information content (AvgIpc) is 3.15. The second-order valence-corrected chi connectivity index (χ2v) is 6.91. The van der Waals surface area contributed by atoms with Crippen molar-refractivity contribution in [3.05, 3.63) is 70.2 Å². The van der Waals surface area contributed by atoms with E-state index in [0.29, 0.717) is 22.1 Å². The molecule has 1 heterocycles. The largest absolute Gasteiger partial charge is 0.486 e. The van der Waals surface area contributed by atoms with Crippen molar-refractivity contribution in [1.82, 2.24) is 4.98 Å². The van der Waals surface area contributed by atoms with Crippen LogP contribution in [0.5, 0.6) is 11.5 Å². The highest BCUT2D eigenvalue weighted by molar-refractivity contribution is 7.09. The highest BCUT2D eigenvalue weighted by atomic mass is 32.1. The minimum absolute atomic E-state index is 0.228. The number of aryl methyl sites for hydroxylation is 1. The van der Waals surface area contributed by atoms with E-state index in [2.05, 4.69) is 10.3 Å². The van der Waals surface area contributed by atoms with E-state index in [1.807, 2.05) is 31.2 Å². The second-order valence-electron chi connectivity index (χ2n) is 5.97. The number of nitrogens with zero attached hydrogens (tertiary/aromatic N) is 1. The van der Waals surface area contributed by atoms with Crippen molar-refractivity contribution in [3.8, 4) is 11.5 Å². The van der Waals surface area contributed by atoms with E-state index in [0.717, 1.165) is 11.3 Å². The lowest BCUT2D eigenvalue weighted by Gasteiger charge is -2.07. The summed E-state index contributed by atoms with van der Waals surface area (Å²) in [6, 6.07) is 14.4. The van der Waals surface area contributed by atoms with Gasteiger partial charge in [0.05, 0.1) is 0 Å². The first kappa shape index (κ1) is 19.4. The monoisotopic (exact) mass is 397 g/mol. The molecule has 3 rings (SSSR count). The first-order valence-corrected chi connectivity index (χ1v) is 9.34. The van der Waals surface area contributed by atoms with Gasteiger partial charge in [0.25, 0.3) is 11.8 Å². The number of nitrogens with two attached hydrogens (primary N) is 1. The number of primary amides is 1. The summed E-state index contributed by atoms with van der Waals surface area (Å²) in [6.45, 7) is 2.07. The molecule has 1 aromatic heterocycles. The van der Waals surface area contributed by atoms with Crippen molar-refractivity contribution in [2.24, 2.45) is 5.73 Å². The number of aromatic nitrogens is 1. The number of ether oxygens (including phenoxy) is 2. The summed E-state index contributed by atoms with van der Waals surface area (Å²) in [7, 11) is 0. The molecule has 2 aromatic carbocycles. The van der Waals surface area contributed by atoms with Gasteiger partial charge in [0.15, 0.2) is 6.61 Å². The molecule has 3 aromatic rings. The van der Waals surface area contributed by atoms with E-state index in [4.69, 9.17) is 15.2 Å². The van der Waals surface area contributed by atoms with Crippen molar-refractivity contribution in [1.29, 1.82) is 0 Å². The third-order valence-corrected chi connectivity index (χ3v) is 4.46. The van der Waals surface area contributed by atoms with Crippen LogP contribution in [-0.2, 0) is 11.4 Å². The van der Waals surface area contributed by atoms with Crippen molar-refractivity contribution < 1.29 is 19.1 Å². The van der Waals surface area contributed by atoms with Gasteiger partial charge in [0.1, 0.15) is 28.8 Å². The second kappa shape index (κ2) is 9.01. The lowest BCUT2D eigenvalue weighted by molar-refractivity contribution is -0.119. The summed E-state index contributed by atoms with van der Waals surface area (Å²) >= 11 is 1.35. The fourth-order valence-electron chi connectivity index (χ4n) is 2.27. The quantitative estimate of drug-likeness (QED) is 0.608. The minimum Gasteiger partial charge on any atom is -0.486 e. The summed E-state index contributed by atoms with van der Waals surface area (Å²) in [5.41, 5.74) is 7.04. The van der Waals surface area contributed by atoms with E-state index in [1.54, 1.807) is 29.6 Å². The highest BCUT2D eigenvalue weighted by Crippen LogP contribution is 2.20. The van der Waals surface area contributed by atoms with Gasteiger partial charge in [0, 0.05) is 17.1 Å². The molecule has 2 amide bonds. The average molecular weight is 397 g/mol. The van der Waals surface area contributed by atoms with Gasteiger partial charge in [-0.3, -0.25) is 9.59 Å². The number of hydrogen-bond donors (Lipinski definition) is 2.